The summed E-state index contributed by atoms with van der Waals surface area (Å²) in [5.74, 6) is 0. The summed E-state index contributed by atoms with van der Waals surface area (Å²) >= 11 is 0. The molecule has 0 heterocycles. The van der Waals surface area contributed by atoms with Gasteiger partial charge in [-0.3, -0.25) is 0 Å². The van der Waals surface area contributed by atoms with Gasteiger partial charge < -0.3 is 17.3 Å². The molecule has 0 radical (unpaired) electrons. The van der Waals surface area contributed by atoms with E-state index in [1.165, 1.54) is 31.3 Å². The Morgan fingerprint density at radius 2 is 1.41 bits per heavy atom. The third-order valence-electron chi connectivity index (χ3n) is 5.12. The Hall–Kier alpha value is 0.215. The van der Waals surface area contributed by atoms with E-state index < -0.39 is 7.25 Å². The van der Waals surface area contributed by atoms with Crippen LogP contribution < -0.4 is 0 Å². The molecule has 132 valence electrons. The first kappa shape index (κ1) is 20.3. The van der Waals surface area contributed by atoms with E-state index in [0.717, 1.165) is 13.7 Å². The highest BCUT2D eigenvalue weighted by Crippen LogP contribution is 2.52. The average Bonchev–Trinajstić information content (AvgIpc) is 2.46. The second kappa shape index (κ2) is 10.2. The molecule has 1 atom stereocenters. The molecule has 0 nitrogen and oxygen atoms in total. The van der Waals surface area contributed by atoms with Crippen molar-refractivity contribution in [3.8, 4) is 0 Å². The number of rotatable bonds is 5. The lowest BCUT2D eigenvalue weighted by Gasteiger charge is -2.36. The van der Waals surface area contributed by atoms with Gasteiger partial charge in [-0.15, -0.1) is 0 Å². The molecule has 0 aromatic carbocycles. The van der Waals surface area contributed by atoms with Crippen molar-refractivity contribution in [3.05, 3.63) is 0 Å². The maximum absolute atomic E-state index is 9.75. The van der Waals surface area contributed by atoms with Gasteiger partial charge in [-0.25, -0.2) is 0 Å². The molecule has 0 amide bonds. The van der Waals surface area contributed by atoms with Crippen LogP contribution in [0, 0.1) is 0 Å². The first-order valence-corrected chi connectivity index (χ1v) is 10.3. The van der Waals surface area contributed by atoms with Crippen LogP contribution in [-0.2, 0) is 0 Å². The normalized spacial score (nSPS) is 23.3. The van der Waals surface area contributed by atoms with E-state index in [1.54, 1.807) is 57.8 Å². The second-order valence-electron chi connectivity index (χ2n) is 7.09. The van der Waals surface area contributed by atoms with Gasteiger partial charge in [0.1, 0.15) is 0 Å². The van der Waals surface area contributed by atoms with Crippen LogP contribution in [0.4, 0.5) is 17.3 Å². The SMILES string of the molecule is CCCCC1([PH2+]C2CCCCC2)CCCCC1.F[B-](F)(F)F. The fraction of sp³-hybridized carbons (Fsp3) is 1.00. The van der Waals surface area contributed by atoms with Gasteiger partial charge in [0, 0.05) is 0 Å². The fourth-order valence-corrected chi connectivity index (χ4v) is 7.00. The summed E-state index contributed by atoms with van der Waals surface area (Å²) in [5.41, 5.74) is 1.18. The van der Waals surface area contributed by atoms with Gasteiger partial charge in [-0.1, -0.05) is 26.2 Å². The lowest BCUT2D eigenvalue weighted by atomic mass is 9.84. The Kier molecular flexibility index (Phi) is 9.35. The van der Waals surface area contributed by atoms with Crippen molar-refractivity contribution in [2.24, 2.45) is 0 Å². The third kappa shape index (κ3) is 9.38. The van der Waals surface area contributed by atoms with Crippen molar-refractivity contribution < 1.29 is 17.3 Å². The number of hydrogen-bond donors (Lipinski definition) is 0. The first-order chi connectivity index (χ1) is 10.3. The van der Waals surface area contributed by atoms with Crippen molar-refractivity contribution in [1.29, 1.82) is 0 Å². The summed E-state index contributed by atoms with van der Waals surface area (Å²) in [5, 5.41) is 0.871. The van der Waals surface area contributed by atoms with Gasteiger partial charge >= 0.3 is 7.25 Å². The zero-order chi connectivity index (χ0) is 16.5. The summed E-state index contributed by atoms with van der Waals surface area (Å²) in [6, 6.07) is 0. The van der Waals surface area contributed by atoms with Crippen molar-refractivity contribution in [1.82, 2.24) is 0 Å². The van der Waals surface area contributed by atoms with Crippen molar-refractivity contribution in [2.45, 2.75) is 101 Å². The average molecular weight is 342 g/mol. The van der Waals surface area contributed by atoms with E-state index in [4.69, 9.17) is 0 Å². The summed E-state index contributed by atoms with van der Waals surface area (Å²) < 4.78 is 39.0. The molecule has 2 aliphatic carbocycles. The van der Waals surface area contributed by atoms with E-state index in [9.17, 15) is 17.3 Å². The van der Waals surface area contributed by atoms with Gasteiger partial charge in [0.25, 0.3) is 0 Å². The molecule has 0 aromatic rings. The van der Waals surface area contributed by atoms with Crippen molar-refractivity contribution >= 4 is 15.8 Å². The number of halogens is 4. The van der Waals surface area contributed by atoms with E-state index in [0.29, 0.717) is 0 Å². The molecule has 2 saturated carbocycles. The minimum Gasteiger partial charge on any atom is -0.418 e. The molecule has 6 heteroatoms. The third-order valence-corrected chi connectivity index (χ3v) is 7.83. The number of unbranched alkanes of at least 4 members (excludes halogenated alkanes) is 1. The van der Waals surface area contributed by atoms with Crippen LogP contribution in [0.5, 0.6) is 0 Å². The lowest BCUT2D eigenvalue weighted by Crippen LogP contribution is -2.29. The van der Waals surface area contributed by atoms with Crippen LogP contribution >= 0.6 is 8.58 Å². The molecular formula is C16H32BF4P. The molecule has 0 bridgehead atoms. The standard InChI is InChI=1S/C16H31P.BF4/c1-2-3-12-16(13-8-5-9-14-16)17-15-10-6-4-7-11-15;2-1(3,4)5/h15,17H,2-14H2,1H3;/q;-1/p+1. The van der Waals surface area contributed by atoms with Crippen LogP contribution in [0.3, 0.4) is 0 Å². The molecule has 0 aromatic heterocycles. The maximum atomic E-state index is 9.75. The van der Waals surface area contributed by atoms with Crippen LogP contribution in [0.2, 0.25) is 0 Å². The van der Waals surface area contributed by atoms with Gasteiger partial charge in [-0.2, -0.15) is 0 Å². The molecule has 0 spiro atoms. The van der Waals surface area contributed by atoms with Gasteiger partial charge in [0.2, 0.25) is 0 Å². The number of hydrogen-bond acceptors (Lipinski definition) is 0. The molecule has 0 saturated heterocycles. The van der Waals surface area contributed by atoms with Gasteiger partial charge in [0.15, 0.2) is 0 Å². The Balaban J connectivity index is 0.000000422. The molecule has 1 unspecified atom stereocenters. The molecule has 2 fully saturated rings. The summed E-state index contributed by atoms with van der Waals surface area (Å²) in [6.45, 7) is 2.37. The molecule has 0 N–H and O–H groups in total. The summed E-state index contributed by atoms with van der Waals surface area (Å²) in [6.07, 6.45) is 20.1. The predicted molar refractivity (Wildman–Crippen MR) is 92.1 cm³/mol. The van der Waals surface area contributed by atoms with Crippen LogP contribution in [0.25, 0.3) is 0 Å². The zero-order valence-corrected chi connectivity index (χ0v) is 15.1. The predicted octanol–water partition coefficient (Wildman–Crippen LogP) is 6.92. The highest BCUT2D eigenvalue weighted by molar-refractivity contribution is 7.40. The smallest absolute Gasteiger partial charge is 0.418 e. The highest BCUT2D eigenvalue weighted by atomic mass is 31.1. The topological polar surface area (TPSA) is 0 Å². The minimum atomic E-state index is -6.00. The fourth-order valence-electron chi connectivity index (χ4n) is 4.09. The molecule has 22 heavy (non-hydrogen) atoms. The van der Waals surface area contributed by atoms with E-state index in [2.05, 4.69) is 6.92 Å². The minimum absolute atomic E-state index is 0.752. The summed E-state index contributed by atoms with van der Waals surface area (Å²) in [7, 11) is -5.25. The van der Waals surface area contributed by atoms with Crippen LogP contribution in [-0.4, -0.2) is 18.1 Å². The molecule has 2 aliphatic rings. The van der Waals surface area contributed by atoms with Crippen molar-refractivity contribution in [2.75, 3.05) is 0 Å². The quantitative estimate of drug-likeness (QED) is 0.289. The van der Waals surface area contributed by atoms with E-state index >= 15 is 0 Å². The first-order valence-electron chi connectivity index (χ1n) is 9.08. The Morgan fingerprint density at radius 1 is 0.909 bits per heavy atom. The van der Waals surface area contributed by atoms with Gasteiger partial charge in [-0.05, 0) is 72.8 Å². The maximum Gasteiger partial charge on any atom is 0.673 e. The van der Waals surface area contributed by atoms with E-state index in [1.807, 2.05) is 0 Å². The monoisotopic (exact) mass is 342 g/mol. The second-order valence-corrected chi connectivity index (χ2v) is 9.59. The Bertz CT molecular complexity index is 278. The largest absolute Gasteiger partial charge is 0.673 e. The van der Waals surface area contributed by atoms with Crippen LogP contribution in [0.15, 0.2) is 0 Å². The zero-order valence-electron chi connectivity index (χ0n) is 13.9. The lowest BCUT2D eigenvalue weighted by molar-refractivity contribution is 0.361. The molecule has 0 aliphatic heterocycles. The highest BCUT2D eigenvalue weighted by Gasteiger charge is 2.39. The molecule has 2 rings (SSSR count). The molecular weight excluding hydrogens is 310 g/mol. The Morgan fingerprint density at radius 3 is 1.91 bits per heavy atom. The van der Waals surface area contributed by atoms with Gasteiger partial charge in [0.05, 0.1) is 10.8 Å². The van der Waals surface area contributed by atoms with Crippen LogP contribution in [0.1, 0.15) is 90.4 Å². The van der Waals surface area contributed by atoms with E-state index in [-0.39, 0.29) is 0 Å². The van der Waals surface area contributed by atoms with Crippen molar-refractivity contribution in [3.63, 3.8) is 0 Å². The Labute approximate surface area is 135 Å². The summed E-state index contributed by atoms with van der Waals surface area (Å²) in [4.78, 5) is 0.